The topological polar surface area (TPSA) is 21.7 Å². The number of benzene rings is 1. The van der Waals surface area contributed by atoms with Gasteiger partial charge in [-0.2, -0.15) is 5.06 Å². The van der Waals surface area contributed by atoms with Crippen molar-refractivity contribution in [3.05, 3.63) is 48.9 Å². The van der Waals surface area contributed by atoms with Gasteiger partial charge in [0.2, 0.25) is 0 Å². The molecule has 1 heterocycles. The van der Waals surface area contributed by atoms with Crippen LogP contribution in [-0.2, 0) is 4.84 Å². The van der Waals surface area contributed by atoms with E-state index >= 15 is 0 Å². The SMILES string of the molecule is COc1ccc(N2C=CC=CO2)cc1.Cl. The number of allylic oxidation sites excluding steroid dienone is 2. The molecule has 4 heteroatoms. The number of rotatable bonds is 2. The zero-order valence-electron chi connectivity index (χ0n) is 8.29. The van der Waals surface area contributed by atoms with Crippen LogP contribution in [0.15, 0.2) is 48.9 Å². The molecular formula is C11H12ClNO2. The molecule has 15 heavy (non-hydrogen) atoms. The van der Waals surface area contributed by atoms with E-state index in [4.69, 9.17) is 9.57 Å². The first kappa shape index (κ1) is 11.5. The highest BCUT2D eigenvalue weighted by Crippen LogP contribution is 2.20. The van der Waals surface area contributed by atoms with Gasteiger partial charge in [0, 0.05) is 6.20 Å². The highest BCUT2D eigenvalue weighted by molar-refractivity contribution is 5.85. The maximum Gasteiger partial charge on any atom is 0.120 e. The summed E-state index contributed by atoms with van der Waals surface area (Å²) in [5, 5.41) is 1.68. The Morgan fingerprint density at radius 2 is 1.87 bits per heavy atom. The van der Waals surface area contributed by atoms with Crippen molar-refractivity contribution in [2.24, 2.45) is 0 Å². The average molecular weight is 226 g/mol. The van der Waals surface area contributed by atoms with Crippen LogP contribution in [0.2, 0.25) is 0 Å². The van der Waals surface area contributed by atoms with Gasteiger partial charge in [-0.05, 0) is 36.4 Å². The molecule has 80 valence electrons. The Morgan fingerprint density at radius 3 is 2.40 bits per heavy atom. The van der Waals surface area contributed by atoms with Crippen LogP contribution < -0.4 is 9.80 Å². The molecule has 0 aliphatic carbocycles. The first-order valence-electron chi connectivity index (χ1n) is 4.33. The molecule has 0 aromatic heterocycles. The van der Waals surface area contributed by atoms with Gasteiger partial charge in [-0.1, -0.05) is 0 Å². The summed E-state index contributed by atoms with van der Waals surface area (Å²) >= 11 is 0. The number of hydrogen-bond acceptors (Lipinski definition) is 3. The number of hydroxylamine groups is 1. The highest BCUT2D eigenvalue weighted by atomic mass is 35.5. The molecule has 0 atom stereocenters. The van der Waals surface area contributed by atoms with E-state index in [9.17, 15) is 0 Å². The number of halogens is 1. The predicted molar refractivity (Wildman–Crippen MR) is 62.1 cm³/mol. The second kappa shape index (κ2) is 5.32. The van der Waals surface area contributed by atoms with Crippen LogP contribution in [0.4, 0.5) is 5.69 Å². The Labute approximate surface area is 95.0 Å². The standard InChI is InChI=1S/C11H11NO2.ClH/c1-13-11-6-4-10(5-7-11)12-8-2-3-9-14-12;/h2-9H,1H3;1H. The molecule has 0 saturated carbocycles. The minimum Gasteiger partial charge on any atom is -0.497 e. The van der Waals surface area contributed by atoms with Crippen molar-refractivity contribution in [1.82, 2.24) is 0 Å². The van der Waals surface area contributed by atoms with Gasteiger partial charge < -0.3 is 9.57 Å². The fourth-order valence-corrected chi connectivity index (χ4v) is 1.19. The van der Waals surface area contributed by atoms with Gasteiger partial charge in [-0.3, -0.25) is 0 Å². The zero-order valence-corrected chi connectivity index (χ0v) is 9.11. The van der Waals surface area contributed by atoms with Crippen LogP contribution >= 0.6 is 12.4 Å². The van der Waals surface area contributed by atoms with Gasteiger partial charge in [-0.25, -0.2) is 0 Å². The fourth-order valence-electron chi connectivity index (χ4n) is 1.19. The lowest BCUT2D eigenvalue weighted by atomic mass is 10.3. The van der Waals surface area contributed by atoms with Crippen LogP contribution in [0, 0.1) is 0 Å². The lowest BCUT2D eigenvalue weighted by Crippen LogP contribution is -2.14. The van der Waals surface area contributed by atoms with E-state index in [1.165, 1.54) is 0 Å². The summed E-state index contributed by atoms with van der Waals surface area (Å²) in [7, 11) is 1.65. The van der Waals surface area contributed by atoms with Gasteiger partial charge in [0.05, 0.1) is 12.8 Å². The molecule has 0 radical (unpaired) electrons. The third kappa shape index (κ3) is 2.67. The Morgan fingerprint density at radius 1 is 1.13 bits per heavy atom. The van der Waals surface area contributed by atoms with Gasteiger partial charge >= 0.3 is 0 Å². The van der Waals surface area contributed by atoms with Crippen molar-refractivity contribution in [1.29, 1.82) is 0 Å². The molecule has 1 aromatic carbocycles. The smallest absolute Gasteiger partial charge is 0.120 e. The zero-order chi connectivity index (χ0) is 9.80. The largest absolute Gasteiger partial charge is 0.497 e. The second-order valence-corrected chi connectivity index (χ2v) is 2.80. The number of nitrogens with zero attached hydrogens (tertiary/aromatic N) is 1. The van der Waals surface area contributed by atoms with Crippen LogP contribution in [0.3, 0.4) is 0 Å². The van der Waals surface area contributed by atoms with Crippen LogP contribution in [0.5, 0.6) is 5.75 Å². The van der Waals surface area contributed by atoms with Crippen molar-refractivity contribution in [2.45, 2.75) is 0 Å². The van der Waals surface area contributed by atoms with E-state index in [0.717, 1.165) is 11.4 Å². The van der Waals surface area contributed by atoms with E-state index in [0.29, 0.717) is 0 Å². The van der Waals surface area contributed by atoms with E-state index in [1.807, 2.05) is 42.6 Å². The predicted octanol–water partition coefficient (Wildman–Crippen LogP) is 2.90. The van der Waals surface area contributed by atoms with Crippen molar-refractivity contribution in [3.8, 4) is 5.75 Å². The summed E-state index contributed by atoms with van der Waals surface area (Å²) in [5.74, 6) is 0.838. The summed E-state index contributed by atoms with van der Waals surface area (Å²) < 4.78 is 5.07. The summed E-state index contributed by atoms with van der Waals surface area (Å²) in [4.78, 5) is 5.26. The van der Waals surface area contributed by atoms with Crippen LogP contribution in [0.1, 0.15) is 0 Å². The van der Waals surface area contributed by atoms with Crippen molar-refractivity contribution >= 4 is 18.1 Å². The molecule has 0 saturated heterocycles. The van der Waals surface area contributed by atoms with E-state index in [2.05, 4.69) is 0 Å². The summed E-state index contributed by atoms with van der Waals surface area (Å²) in [6.07, 6.45) is 7.22. The molecular weight excluding hydrogens is 214 g/mol. The molecule has 0 unspecified atom stereocenters. The molecule has 0 bridgehead atoms. The van der Waals surface area contributed by atoms with Crippen molar-refractivity contribution in [3.63, 3.8) is 0 Å². The van der Waals surface area contributed by atoms with Gasteiger partial charge in [0.1, 0.15) is 12.0 Å². The molecule has 2 rings (SSSR count). The summed E-state index contributed by atoms with van der Waals surface area (Å²) in [6.45, 7) is 0. The summed E-state index contributed by atoms with van der Waals surface area (Å²) in [6, 6.07) is 7.65. The number of anilines is 1. The van der Waals surface area contributed by atoms with E-state index in [-0.39, 0.29) is 12.4 Å². The monoisotopic (exact) mass is 225 g/mol. The molecule has 0 spiro atoms. The molecule has 1 aliphatic heterocycles. The Hall–Kier alpha value is -1.61. The van der Waals surface area contributed by atoms with Gasteiger partial charge in [-0.15, -0.1) is 12.4 Å². The normalized spacial score (nSPS) is 13.0. The van der Waals surface area contributed by atoms with Gasteiger partial charge in [0.15, 0.2) is 0 Å². The van der Waals surface area contributed by atoms with Crippen LogP contribution in [0.25, 0.3) is 0 Å². The summed E-state index contributed by atoms with van der Waals surface area (Å²) in [5.41, 5.74) is 0.964. The van der Waals surface area contributed by atoms with Crippen molar-refractivity contribution < 1.29 is 9.57 Å². The average Bonchev–Trinajstić information content (AvgIpc) is 2.30. The van der Waals surface area contributed by atoms with Crippen LogP contribution in [-0.4, -0.2) is 7.11 Å². The first-order chi connectivity index (χ1) is 6.90. The lowest BCUT2D eigenvalue weighted by Gasteiger charge is -2.19. The Bertz CT molecular complexity index is 359. The first-order valence-corrected chi connectivity index (χ1v) is 4.33. The van der Waals surface area contributed by atoms with Crippen molar-refractivity contribution in [2.75, 3.05) is 12.2 Å². The molecule has 0 N–H and O–H groups in total. The molecule has 1 aromatic rings. The number of methoxy groups -OCH3 is 1. The second-order valence-electron chi connectivity index (χ2n) is 2.80. The van der Waals surface area contributed by atoms with E-state index in [1.54, 1.807) is 18.4 Å². The molecule has 3 nitrogen and oxygen atoms in total. The minimum absolute atomic E-state index is 0. The molecule has 0 fully saturated rings. The highest BCUT2D eigenvalue weighted by Gasteiger charge is 2.03. The maximum atomic E-state index is 5.26. The Kier molecular flexibility index (Phi) is 4.06. The molecule has 1 aliphatic rings. The lowest BCUT2D eigenvalue weighted by molar-refractivity contribution is 0.245. The minimum atomic E-state index is 0. The third-order valence-corrected chi connectivity index (χ3v) is 1.91. The van der Waals surface area contributed by atoms with E-state index < -0.39 is 0 Å². The third-order valence-electron chi connectivity index (χ3n) is 1.91. The number of ether oxygens (including phenoxy) is 1. The Balaban J connectivity index is 0.00000112. The quantitative estimate of drug-likeness (QED) is 0.773. The fraction of sp³-hybridized carbons (Fsp3) is 0.0909. The number of hydrogen-bond donors (Lipinski definition) is 0. The van der Waals surface area contributed by atoms with Gasteiger partial charge in [0.25, 0.3) is 0 Å². The maximum absolute atomic E-state index is 5.26. The molecule has 0 amide bonds.